The van der Waals surface area contributed by atoms with Crippen LogP contribution in [-0.4, -0.2) is 15.6 Å². The zero-order chi connectivity index (χ0) is 11.1. The van der Waals surface area contributed by atoms with E-state index in [1.807, 2.05) is 0 Å². The van der Waals surface area contributed by atoms with E-state index in [-0.39, 0.29) is 11.1 Å². The van der Waals surface area contributed by atoms with Gasteiger partial charge in [0.05, 0.1) is 0 Å². The molecule has 0 bridgehead atoms. The van der Waals surface area contributed by atoms with Crippen molar-refractivity contribution in [3.05, 3.63) is 30.6 Å². The minimum absolute atomic E-state index is 0.0708. The molecular weight excluding hydrogens is 184 g/mol. The van der Waals surface area contributed by atoms with Gasteiger partial charge in [0.15, 0.2) is 0 Å². The van der Waals surface area contributed by atoms with Crippen LogP contribution in [0.25, 0.3) is 5.70 Å². The van der Waals surface area contributed by atoms with Gasteiger partial charge in [-0.3, -0.25) is 0 Å². The Bertz CT molecular complexity index is 369. The molecule has 0 saturated heterocycles. The van der Waals surface area contributed by atoms with Gasteiger partial charge in [-0.15, -0.1) is 0 Å². The number of hydrogen-bond donors (Lipinski definition) is 1. The van der Waals surface area contributed by atoms with Gasteiger partial charge in [-0.2, -0.15) is 0 Å². The third kappa shape index (κ3) is 2.32. The van der Waals surface area contributed by atoms with Crippen molar-refractivity contribution in [1.29, 1.82) is 0 Å². The van der Waals surface area contributed by atoms with Gasteiger partial charge in [0.25, 0.3) is 0 Å². The number of rotatable bonds is 1. The number of nitrogens with zero attached hydrogens (tertiary/aromatic N) is 1. The van der Waals surface area contributed by atoms with Gasteiger partial charge in [-0.25, -0.2) is 0 Å². The molecule has 1 aromatic rings. The summed E-state index contributed by atoms with van der Waals surface area (Å²) in [7, 11) is 0. The van der Waals surface area contributed by atoms with Crippen LogP contribution in [0.5, 0.6) is 0 Å². The van der Waals surface area contributed by atoms with E-state index in [4.69, 9.17) is 0 Å². The highest BCUT2D eigenvalue weighted by Crippen LogP contribution is 2.30. The van der Waals surface area contributed by atoms with Crippen LogP contribution in [-0.2, 0) is 0 Å². The molecule has 1 aromatic heterocycles. The fourth-order valence-electron chi connectivity index (χ4n) is 2.56. The van der Waals surface area contributed by atoms with E-state index in [1.165, 1.54) is 5.70 Å². The topological polar surface area (TPSA) is 17.0 Å². The summed E-state index contributed by atoms with van der Waals surface area (Å²) in [5, 5.41) is 3.63. The molecule has 1 N–H and O–H groups in total. The van der Waals surface area contributed by atoms with Crippen molar-refractivity contribution in [2.75, 3.05) is 0 Å². The Balaban J connectivity index is 2.37. The van der Waals surface area contributed by atoms with Crippen molar-refractivity contribution in [2.24, 2.45) is 0 Å². The van der Waals surface area contributed by atoms with E-state index < -0.39 is 0 Å². The molecule has 0 saturated carbocycles. The number of hydrogen-bond acceptors (Lipinski definition) is 1. The van der Waals surface area contributed by atoms with Crippen molar-refractivity contribution in [2.45, 2.75) is 45.2 Å². The van der Waals surface area contributed by atoms with Gasteiger partial charge in [0, 0.05) is 35.6 Å². The average Bonchev–Trinajstić information content (AvgIpc) is 2.48. The van der Waals surface area contributed by atoms with Crippen molar-refractivity contribution < 1.29 is 0 Å². The Morgan fingerprint density at radius 3 is 2.27 bits per heavy atom. The number of nitrogens with one attached hydrogen (secondary N) is 1. The van der Waals surface area contributed by atoms with Gasteiger partial charge < -0.3 is 9.88 Å². The van der Waals surface area contributed by atoms with Crippen LogP contribution >= 0.6 is 0 Å². The molecule has 0 amide bonds. The monoisotopic (exact) mass is 204 g/mol. The Kier molecular flexibility index (Phi) is 2.27. The SMILES string of the molecule is CC1(C)C=C(n2cccc2)CC(C)(C)N1. The largest absolute Gasteiger partial charge is 0.328 e. The zero-order valence-corrected chi connectivity index (χ0v) is 10.0. The number of aromatic nitrogens is 1. The zero-order valence-electron chi connectivity index (χ0n) is 10.0. The van der Waals surface area contributed by atoms with Crippen LogP contribution in [0.1, 0.15) is 34.1 Å². The third-order valence-electron chi connectivity index (χ3n) is 2.75. The van der Waals surface area contributed by atoms with E-state index >= 15 is 0 Å². The van der Waals surface area contributed by atoms with Gasteiger partial charge >= 0.3 is 0 Å². The normalized spacial score (nSPS) is 23.6. The fourth-order valence-corrected chi connectivity index (χ4v) is 2.56. The molecule has 0 fully saturated rings. The lowest BCUT2D eigenvalue weighted by Gasteiger charge is -2.41. The lowest BCUT2D eigenvalue weighted by molar-refractivity contribution is 0.293. The summed E-state index contributed by atoms with van der Waals surface area (Å²) in [6, 6.07) is 4.14. The van der Waals surface area contributed by atoms with Crippen molar-refractivity contribution in [1.82, 2.24) is 9.88 Å². The Morgan fingerprint density at radius 2 is 1.73 bits per heavy atom. The maximum Gasteiger partial charge on any atom is 0.0331 e. The molecule has 2 nitrogen and oxygen atoms in total. The summed E-state index contributed by atoms with van der Waals surface area (Å²) in [6.07, 6.45) is 7.61. The van der Waals surface area contributed by atoms with Crippen LogP contribution in [0.15, 0.2) is 30.6 Å². The first-order valence-electron chi connectivity index (χ1n) is 5.52. The Morgan fingerprint density at radius 1 is 1.13 bits per heavy atom. The first kappa shape index (κ1) is 10.5. The molecule has 82 valence electrons. The minimum atomic E-state index is 0.0708. The Hall–Kier alpha value is -1.02. The lowest BCUT2D eigenvalue weighted by atomic mass is 9.86. The average molecular weight is 204 g/mol. The van der Waals surface area contributed by atoms with Gasteiger partial charge in [-0.05, 0) is 45.9 Å². The molecule has 1 aliphatic heterocycles. The summed E-state index contributed by atoms with van der Waals surface area (Å²) in [6.45, 7) is 8.95. The maximum atomic E-state index is 3.63. The van der Waals surface area contributed by atoms with E-state index in [9.17, 15) is 0 Å². The van der Waals surface area contributed by atoms with E-state index in [1.54, 1.807) is 0 Å². The summed E-state index contributed by atoms with van der Waals surface area (Å²) in [5.74, 6) is 0. The fraction of sp³-hybridized carbons (Fsp3) is 0.538. The maximum absolute atomic E-state index is 3.63. The van der Waals surface area contributed by atoms with Crippen LogP contribution in [0.4, 0.5) is 0 Å². The molecule has 0 aliphatic carbocycles. The van der Waals surface area contributed by atoms with Gasteiger partial charge in [-0.1, -0.05) is 0 Å². The second-order valence-electron chi connectivity index (χ2n) is 5.63. The van der Waals surface area contributed by atoms with Gasteiger partial charge in [0.1, 0.15) is 0 Å². The summed E-state index contributed by atoms with van der Waals surface area (Å²) < 4.78 is 2.21. The molecular formula is C13H20N2. The first-order chi connectivity index (χ1) is 6.88. The highest BCUT2D eigenvalue weighted by atomic mass is 15.1. The van der Waals surface area contributed by atoms with E-state index in [2.05, 4.69) is 68.2 Å². The summed E-state index contributed by atoms with van der Waals surface area (Å²) >= 11 is 0. The molecule has 0 unspecified atom stereocenters. The molecule has 1 aliphatic rings. The summed E-state index contributed by atoms with van der Waals surface area (Å²) in [4.78, 5) is 0. The minimum Gasteiger partial charge on any atom is -0.328 e. The molecule has 2 rings (SSSR count). The van der Waals surface area contributed by atoms with Crippen molar-refractivity contribution in [3.63, 3.8) is 0 Å². The van der Waals surface area contributed by atoms with Crippen LogP contribution in [0.3, 0.4) is 0 Å². The van der Waals surface area contributed by atoms with Crippen LogP contribution in [0.2, 0.25) is 0 Å². The highest BCUT2D eigenvalue weighted by molar-refractivity contribution is 5.51. The van der Waals surface area contributed by atoms with Crippen molar-refractivity contribution in [3.8, 4) is 0 Å². The molecule has 0 atom stereocenters. The second kappa shape index (κ2) is 3.24. The van der Waals surface area contributed by atoms with Crippen LogP contribution in [0, 0.1) is 0 Å². The summed E-state index contributed by atoms with van der Waals surface area (Å²) in [5.41, 5.74) is 1.62. The van der Waals surface area contributed by atoms with Crippen molar-refractivity contribution >= 4 is 5.70 Å². The first-order valence-corrected chi connectivity index (χ1v) is 5.52. The molecule has 0 aromatic carbocycles. The second-order valence-corrected chi connectivity index (χ2v) is 5.63. The predicted molar refractivity (Wildman–Crippen MR) is 64.6 cm³/mol. The Labute approximate surface area is 92.0 Å². The molecule has 15 heavy (non-hydrogen) atoms. The highest BCUT2D eigenvalue weighted by Gasteiger charge is 2.32. The molecule has 2 heteroatoms. The predicted octanol–water partition coefficient (Wildman–Crippen LogP) is 2.88. The molecule has 0 radical (unpaired) electrons. The van der Waals surface area contributed by atoms with Gasteiger partial charge in [0.2, 0.25) is 0 Å². The van der Waals surface area contributed by atoms with E-state index in [0.717, 1.165) is 6.42 Å². The smallest absolute Gasteiger partial charge is 0.0331 e. The van der Waals surface area contributed by atoms with E-state index in [0.29, 0.717) is 0 Å². The molecule has 2 heterocycles. The third-order valence-corrected chi connectivity index (χ3v) is 2.75. The lowest BCUT2D eigenvalue weighted by Crippen LogP contribution is -2.54. The standard InChI is InChI=1S/C13H20N2/c1-12(2)9-11(10-13(3,4)14-12)15-7-5-6-8-15/h5-9,14H,10H2,1-4H3. The quantitative estimate of drug-likeness (QED) is 0.744. The van der Waals surface area contributed by atoms with Crippen LogP contribution < -0.4 is 5.32 Å². The molecule has 0 spiro atoms.